The number of hydrogen-bond donors (Lipinski definition) is 1. The predicted octanol–water partition coefficient (Wildman–Crippen LogP) is 3.60. The second-order valence-corrected chi connectivity index (χ2v) is 5.49. The highest BCUT2D eigenvalue weighted by Crippen LogP contribution is 2.19. The molecule has 0 aliphatic carbocycles. The lowest BCUT2D eigenvalue weighted by molar-refractivity contribution is 0.596. The zero-order valence-electron chi connectivity index (χ0n) is 12.4. The Morgan fingerprint density at radius 2 is 1.76 bits per heavy atom. The largest absolute Gasteiger partial charge is 0.331 e. The molecule has 0 saturated carbocycles. The summed E-state index contributed by atoms with van der Waals surface area (Å²) >= 11 is 0. The summed E-state index contributed by atoms with van der Waals surface area (Å²) in [7, 11) is 2.09. The Balaban J connectivity index is 1.63. The van der Waals surface area contributed by atoms with Crippen LogP contribution in [-0.2, 0) is 13.5 Å². The molecule has 0 bridgehead atoms. The predicted molar refractivity (Wildman–Crippen MR) is 87.0 cm³/mol. The Labute approximate surface area is 125 Å². The molecule has 1 unspecified atom stereocenters. The van der Waals surface area contributed by atoms with Crippen LogP contribution in [0.15, 0.2) is 54.6 Å². The van der Waals surface area contributed by atoms with E-state index in [0.717, 1.165) is 30.6 Å². The molecule has 0 aliphatic heterocycles. The first-order valence-corrected chi connectivity index (χ1v) is 7.46. The molecule has 0 spiro atoms. The number of rotatable bonds is 5. The van der Waals surface area contributed by atoms with Crippen molar-refractivity contribution in [3.8, 4) is 0 Å². The van der Waals surface area contributed by atoms with E-state index in [9.17, 15) is 0 Å². The van der Waals surface area contributed by atoms with E-state index in [-0.39, 0.29) is 6.04 Å². The third-order valence-electron chi connectivity index (χ3n) is 4.02. The van der Waals surface area contributed by atoms with E-state index < -0.39 is 0 Å². The molecule has 1 aromatic heterocycles. The molecule has 0 fully saturated rings. The van der Waals surface area contributed by atoms with Gasteiger partial charge in [0.15, 0.2) is 0 Å². The summed E-state index contributed by atoms with van der Waals surface area (Å²) in [5, 5.41) is 0. The summed E-state index contributed by atoms with van der Waals surface area (Å²) in [5.74, 6) is 1.14. The number of para-hydroxylation sites is 2. The summed E-state index contributed by atoms with van der Waals surface area (Å²) in [6.45, 7) is 0. The van der Waals surface area contributed by atoms with Gasteiger partial charge in [-0.25, -0.2) is 4.98 Å². The van der Waals surface area contributed by atoms with Crippen LogP contribution in [-0.4, -0.2) is 9.55 Å². The van der Waals surface area contributed by atoms with Crippen LogP contribution < -0.4 is 5.73 Å². The molecular formula is C18H21N3. The number of imidazole rings is 1. The fourth-order valence-electron chi connectivity index (χ4n) is 2.77. The molecule has 3 nitrogen and oxygen atoms in total. The van der Waals surface area contributed by atoms with Gasteiger partial charge in [0.05, 0.1) is 11.0 Å². The highest BCUT2D eigenvalue weighted by molar-refractivity contribution is 5.75. The Kier molecular flexibility index (Phi) is 4.02. The molecule has 3 rings (SSSR count). The molecule has 0 radical (unpaired) electrons. The van der Waals surface area contributed by atoms with E-state index in [1.54, 1.807) is 0 Å². The second kappa shape index (κ2) is 6.10. The van der Waals surface area contributed by atoms with Gasteiger partial charge in [-0.3, -0.25) is 0 Å². The minimum atomic E-state index is 0.112. The lowest BCUT2D eigenvalue weighted by atomic mass is 10.0. The maximum absolute atomic E-state index is 6.25. The number of fused-ring (bicyclic) bond motifs is 1. The number of aryl methyl sites for hydroxylation is 2. The molecule has 0 aliphatic rings. The molecule has 108 valence electrons. The summed E-state index contributed by atoms with van der Waals surface area (Å²) in [5.41, 5.74) is 9.72. The van der Waals surface area contributed by atoms with Gasteiger partial charge < -0.3 is 10.3 Å². The molecule has 3 heteroatoms. The van der Waals surface area contributed by atoms with Gasteiger partial charge in [-0.15, -0.1) is 0 Å². The van der Waals surface area contributed by atoms with Gasteiger partial charge in [-0.05, 0) is 30.5 Å². The molecule has 0 saturated heterocycles. The lowest BCUT2D eigenvalue weighted by Gasteiger charge is -2.11. The van der Waals surface area contributed by atoms with Crippen LogP contribution in [0.5, 0.6) is 0 Å². The monoisotopic (exact) mass is 279 g/mol. The molecule has 0 amide bonds. The molecule has 3 aromatic rings. The number of hydrogen-bond acceptors (Lipinski definition) is 2. The fraction of sp³-hybridized carbons (Fsp3) is 0.278. The van der Waals surface area contributed by atoms with Crippen molar-refractivity contribution in [2.45, 2.75) is 25.3 Å². The van der Waals surface area contributed by atoms with Crippen LogP contribution in [0.1, 0.15) is 30.3 Å². The zero-order valence-corrected chi connectivity index (χ0v) is 12.4. The SMILES string of the molecule is Cn1c(CCCC(N)c2ccccc2)nc2ccccc21. The standard InChI is InChI=1S/C18H21N3/c1-21-17-12-6-5-11-16(17)20-18(21)13-7-10-15(19)14-8-3-2-4-9-14/h2-6,8-9,11-12,15H,7,10,13,19H2,1H3. The van der Waals surface area contributed by atoms with Crippen LogP contribution in [0.2, 0.25) is 0 Å². The summed E-state index contributed by atoms with van der Waals surface area (Å²) in [4.78, 5) is 4.70. The first-order chi connectivity index (χ1) is 10.3. The third kappa shape index (κ3) is 2.98. The van der Waals surface area contributed by atoms with Gasteiger partial charge in [0.2, 0.25) is 0 Å². The summed E-state index contributed by atoms with van der Waals surface area (Å²) < 4.78 is 2.18. The van der Waals surface area contributed by atoms with E-state index in [0.29, 0.717) is 0 Å². The number of nitrogens with two attached hydrogens (primary N) is 1. The van der Waals surface area contributed by atoms with Crippen molar-refractivity contribution in [1.29, 1.82) is 0 Å². The second-order valence-electron chi connectivity index (χ2n) is 5.49. The third-order valence-corrected chi connectivity index (χ3v) is 4.02. The van der Waals surface area contributed by atoms with Gasteiger partial charge in [-0.1, -0.05) is 42.5 Å². The van der Waals surface area contributed by atoms with Crippen molar-refractivity contribution in [2.75, 3.05) is 0 Å². The van der Waals surface area contributed by atoms with E-state index >= 15 is 0 Å². The lowest BCUT2D eigenvalue weighted by Crippen LogP contribution is -2.10. The highest BCUT2D eigenvalue weighted by Gasteiger charge is 2.09. The topological polar surface area (TPSA) is 43.8 Å². The minimum Gasteiger partial charge on any atom is -0.331 e. The van der Waals surface area contributed by atoms with Crippen molar-refractivity contribution in [3.63, 3.8) is 0 Å². The van der Waals surface area contributed by atoms with Gasteiger partial charge in [0.1, 0.15) is 5.82 Å². The van der Waals surface area contributed by atoms with Crippen LogP contribution in [0.4, 0.5) is 0 Å². The van der Waals surface area contributed by atoms with Gasteiger partial charge in [0, 0.05) is 19.5 Å². The van der Waals surface area contributed by atoms with Crippen molar-refractivity contribution in [1.82, 2.24) is 9.55 Å². The van der Waals surface area contributed by atoms with E-state index in [4.69, 9.17) is 10.7 Å². The maximum Gasteiger partial charge on any atom is 0.109 e. The molecule has 2 N–H and O–H groups in total. The Morgan fingerprint density at radius 3 is 2.52 bits per heavy atom. The summed E-state index contributed by atoms with van der Waals surface area (Å²) in [6, 6.07) is 18.7. The van der Waals surface area contributed by atoms with E-state index in [1.807, 2.05) is 24.3 Å². The van der Waals surface area contributed by atoms with Crippen LogP contribution in [0.3, 0.4) is 0 Å². The quantitative estimate of drug-likeness (QED) is 0.775. The average molecular weight is 279 g/mol. The molecule has 1 atom stereocenters. The molecule has 2 aromatic carbocycles. The summed E-state index contributed by atoms with van der Waals surface area (Å²) in [6.07, 6.45) is 2.99. The van der Waals surface area contributed by atoms with Crippen molar-refractivity contribution < 1.29 is 0 Å². The Bertz CT molecular complexity index is 716. The van der Waals surface area contributed by atoms with Gasteiger partial charge in [-0.2, -0.15) is 0 Å². The zero-order chi connectivity index (χ0) is 14.7. The Morgan fingerprint density at radius 1 is 1.05 bits per heavy atom. The van der Waals surface area contributed by atoms with Gasteiger partial charge >= 0.3 is 0 Å². The number of benzene rings is 2. The average Bonchev–Trinajstić information content (AvgIpc) is 2.85. The first-order valence-electron chi connectivity index (χ1n) is 7.46. The highest BCUT2D eigenvalue weighted by atomic mass is 15.1. The van der Waals surface area contributed by atoms with E-state index in [2.05, 4.69) is 41.9 Å². The molecule has 21 heavy (non-hydrogen) atoms. The first kappa shape index (κ1) is 13.8. The van der Waals surface area contributed by atoms with Crippen molar-refractivity contribution in [2.24, 2.45) is 12.8 Å². The van der Waals surface area contributed by atoms with Gasteiger partial charge in [0.25, 0.3) is 0 Å². The van der Waals surface area contributed by atoms with Crippen LogP contribution in [0, 0.1) is 0 Å². The normalized spacial score (nSPS) is 12.7. The maximum atomic E-state index is 6.25. The number of nitrogens with zero attached hydrogens (tertiary/aromatic N) is 2. The molecular weight excluding hydrogens is 258 g/mol. The Hall–Kier alpha value is -2.13. The number of aromatic nitrogens is 2. The van der Waals surface area contributed by atoms with E-state index in [1.165, 1.54) is 11.1 Å². The van der Waals surface area contributed by atoms with Crippen LogP contribution in [0.25, 0.3) is 11.0 Å². The molecule has 1 heterocycles. The smallest absolute Gasteiger partial charge is 0.109 e. The fourth-order valence-corrected chi connectivity index (χ4v) is 2.77. The van der Waals surface area contributed by atoms with Crippen molar-refractivity contribution in [3.05, 3.63) is 66.0 Å². The minimum absolute atomic E-state index is 0.112. The van der Waals surface area contributed by atoms with Crippen molar-refractivity contribution >= 4 is 11.0 Å². The van der Waals surface area contributed by atoms with Crippen LogP contribution >= 0.6 is 0 Å².